The number of nitrogens with two attached hydrogens (primary N) is 2. The molecule has 6 rings (SSSR count). The van der Waals surface area contributed by atoms with Crippen LogP contribution in [0, 0.1) is 5.41 Å². The molecule has 0 heterocycles. The monoisotopic (exact) mass is 1030 g/mol. The second kappa shape index (κ2) is 23.4. The summed E-state index contributed by atoms with van der Waals surface area (Å²) in [6.45, 7) is -3.76. The van der Waals surface area contributed by atoms with Gasteiger partial charge in [-0.05, 0) is 144 Å². The molecule has 6 aromatic carbocycles. The van der Waals surface area contributed by atoms with E-state index in [1.807, 2.05) is 0 Å². The predicted octanol–water partition coefficient (Wildman–Crippen LogP) is 12.3. The van der Waals surface area contributed by atoms with Gasteiger partial charge in [0.25, 0.3) is 0 Å². The third-order valence-corrected chi connectivity index (χ3v) is 10.4. The summed E-state index contributed by atoms with van der Waals surface area (Å²) >= 11 is 0. The van der Waals surface area contributed by atoms with Gasteiger partial charge in [0.05, 0.1) is 11.1 Å². The molecule has 0 radical (unpaired) electrons. The molecular formula is C53H44F10N2O8. The number of hydrogen-bond donors (Lipinski definition) is 2. The number of ether oxygens (including phenoxy) is 6. The van der Waals surface area contributed by atoms with Gasteiger partial charge in [0.2, 0.25) is 0 Å². The second-order valence-corrected chi connectivity index (χ2v) is 16.5. The number of nitrogen functional groups attached to an aromatic ring is 2. The Bertz CT molecular complexity index is 2610. The van der Waals surface area contributed by atoms with Gasteiger partial charge in [0.1, 0.15) is 36.2 Å². The minimum absolute atomic E-state index is 0.204. The van der Waals surface area contributed by atoms with Gasteiger partial charge in [0.15, 0.2) is 13.2 Å². The molecule has 0 fully saturated rings. The van der Waals surface area contributed by atoms with Crippen LogP contribution in [0.1, 0.15) is 33.4 Å². The first-order chi connectivity index (χ1) is 34.4. The lowest BCUT2D eigenvalue weighted by atomic mass is 9.77. The van der Waals surface area contributed by atoms with E-state index in [4.69, 9.17) is 30.4 Å². The maximum absolute atomic E-state index is 14.9. The van der Waals surface area contributed by atoms with E-state index in [0.717, 1.165) is 71.8 Å². The molecule has 20 heteroatoms. The van der Waals surface area contributed by atoms with Gasteiger partial charge in [0, 0.05) is 28.9 Å². The number of carbonyl (C=O) groups is 2. The third-order valence-electron chi connectivity index (χ3n) is 10.4. The van der Waals surface area contributed by atoms with Gasteiger partial charge in [-0.15, -0.1) is 0 Å². The molecule has 0 saturated carbocycles. The van der Waals surface area contributed by atoms with Gasteiger partial charge in [-0.25, -0.2) is 9.59 Å². The Labute approximate surface area is 411 Å². The number of rotatable bonds is 22. The first-order valence-electron chi connectivity index (χ1n) is 21.7. The van der Waals surface area contributed by atoms with Crippen molar-refractivity contribution in [2.45, 2.75) is 37.4 Å². The molecule has 0 aliphatic heterocycles. The van der Waals surface area contributed by atoms with E-state index in [9.17, 15) is 53.5 Å². The maximum Gasteiger partial charge on any atom is 0.426 e. The van der Waals surface area contributed by atoms with E-state index in [1.54, 1.807) is 48.5 Å². The summed E-state index contributed by atoms with van der Waals surface area (Å²) in [5.74, 6) is -2.68. The number of benzene rings is 6. The highest BCUT2D eigenvalue weighted by Gasteiger charge is 2.37. The van der Waals surface area contributed by atoms with E-state index >= 15 is 0 Å². The molecule has 0 aliphatic rings. The fraction of sp³-hybridized carbons (Fsp3) is 0.208. The van der Waals surface area contributed by atoms with Crippen molar-refractivity contribution in [3.63, 3.8) is 0 Å². The number of anilines is 2. The fourth-order valence-electron chi connectivity index (χ4n) is 6.85. The zero-order valence-corrected chi connectivity index (χ0v) is 38.1. The van der Waals surface area contributed by atoms with Crippen LogP contribution in [0.25, 0.3) is 12.2 Å². The Morgan fingerprint density at radius 3 is 1.04 bits per heavy atom. The molecule has 0 aromatic heterocycles. The van der Waals surface area contributed by atoms with Crippen LogP contribution in [0.4, 0.5) is 55.3 Å². The molecule has 0 unspecified atom stereocenters. The van der Waals surface area contributed by atoms with E-state index in [2.05, 4.69) is 9.47 Å². The normalized spacial score (nSPS) is 12.4. The molecule has 0 amide bonds. The Morgan fingerprint density at radius 1 is 0.411 bits per heavy atom. The number of carbonyl (C=O) groups excluding carboxylic acids is 2. The maximum atomic E-state index is 14.9. The van der Waals surface area contributed by atoms with Crippen molar-refractivity contribution in [2.24, 2.45) is 5.41 Å². The molecule has 0 bridgehead atoms. The molecule has 4 N–H and O–H groups in total. The van der Waals surface area contributed by atoms with Crippen LogP contribution in [-0.4, -0.2) is 50.7 Å². The van der Waals surface area contributed by atoms with Gasteiger partial charge < -0.3 is 39.9 Å². The first kappa shape index (κ1) is 54.2. The van der Waals surface area contributed by atoms with E-state index in [1.165, 1.54) is 60.7 Å². The zero-order valence-electron chi connectivity index (χ0n) is 38.1. The molecule has 0 aliphatic carbocycles. The molecule has 384 valence electrons. The SMILES string of the molecule is Nc1ccc(CC(COC(=O)/C=C/c2ccc(OC(F)(F)c3ccc(OCC(F)(F)F)cc3)cc2)(COC(=O)/C=C/c2ccc(OC(F)(F)c3ccc(OCC(F)(F)F)cc3)cc2)Cc2ccc(N)cc2)cc1. The number of alkyl halides is 10. The van der Waals surface area contributed by atoms with Crippen LogP contribution in [0.2, 0.25) is 0 Å². The van der Waals surface area contributed by atoms with Gasteiger partial charge in [-0.3, -0.25) is 0 Å². The highest BCUT2D eigenvalue weighted by molar-refractivity contribution is 5.87. The Morgan fingerprint density at radius 2 is 0.726 bits per heavy atom. The average molecular weight is 1030 g/mol. The Balaban J connectivity index is 1.10. The Kier molecular flexibility index (Phi) is 17.4. The van der Waals surface area contributed by atoms with Crippen LogP contribution in [0.15, 0.2) is 158 Å². The molecule has 0 saturated heterocycles. The standard InChI is InChI=1S/C53H44F10N2O8/c54-50(55,56)33-68-43-23-11-39(12-24-43)52(60,61)72-45-19-5-35(6-20-45)9-27-47(66)70-31-49(29-37-1-15-41(64)16-2-37,30-38-3-17-42(65)18-4-38)32-71-48(67)28-10-36-7-21-46(22-8-36)73-53(62,63)40-13-25-44(26-14-40)69-34-51(57,58)59/h1-28H,29-34,64-65H2/b27-9+,28-10+. The van der Waals surface area contributed by atoms with Gasteiger partial charge in [-0.1, -0.05) is 48.5 Å². The number of hydrogen-bond acceptors (Lipinski definition) is 10. The fourth-order valence-corrected chi connectivity index (χ4v) is 6.85. The van der Waals surface area contributed by atoms with Crippen molar-refractivity contribution in [1.82, 2.24) is 0 Å². The van der Waals surface area contributed by atoms with Crippen LogP contribution in [0.5, 0.6) is 23.0 Å². The van der Waals surface area contributed by atoms with Crippen molar-refractivity contribution in [1.29, 1.82) is 0 Å². The second-order valence-electron chi connectivity index (χ2n) is 16.5. The summed E-state index contributed by atoms with van der Waals surface area (Å²) in [6.07, 6.45) is -11.6. The van der Waals surface area contributed by atoms with Crippen molar-refractivity contribution in [3.8, 4) is 23.0 Å². The summed E-state index contributed by atoms with van der Waals surface area (Å²) in [7, 11) is 0. The summed E-state index contributed by atoms with van der Waals surface area (Å²) < 4.78 is 165. The molecule has 73 heavy (non-hydrogen) atoms. The van der Waals surface area contributed by atoms with Crippen LogP contribution >= 0.6 is 0 Å². The summed E-state index contributed by atoms with van der Waals surface area (Å²) in [6, 6.07) is 31.5. The number of esters is 2. The molecule has 0 atom stereocenters. The van der Waals surface area contributed by atoms with Crippen molar-refractivity contribution >= 4 is 35.5 Å². The van der Waals surface area contributed by atoms with Crippen molar-refractivity contribution in [3.05, 3.63) is 191 Å². The molecular weight excluding hydrogens is 983 g/mol. The largest absolute Gasteiger partial charge is 0.484 e. The van der Waals surface area contributed by atoms with E-state index in [0.29, 0.717) is 22.5 Å². The first-order valence-corrected chi connectivity index (χ1v) is 21.7. The topological polar surface area (TPSA) is 142 Å². The zero-order chi connectivity index (χ0) is 52.9. The lowest BCUT2D eigenvalue weighted by Crippen LogP contribution is -2.38. The van der Waals surface area contributed by atoms with Crippen molar-refractivity contribution < 1.29 is 81.9 Å². The lowest BCUT2D eigenvalue weighted by molar-refractivity contribution is -0.186. The van der Waals surface area contributed by atoms with E-state index < -0.39 is 66.3 Å². The molecule has 0 spiro atoms. The summed E-state index contributed by atoms with van der Waals surface area (Å²) in [4.78, 5) is 26.6. The summed E-state index contributed by atoms with van der Waals surface area (Å²) in [5.41, 5.74) is 12.7. The molecule has 6 aromatic rings. The van der Waals surface area contributed by atoms with Crippen LogP contribution < -0.4 is 30.4 Å². The van der Waals surface area contributed by atoms with Gasteiger partial charge in [-0.2, -0.15) is 43.9 Å². The quantitative estimate of drug-likeness (QED) is 0.0292. The minimum Gasteiger partial charge on any atom is -0.484 e. The van der Waals surface area contributed by atoms with E-state index in [-0.39, 0.29) is 49.1 Å². The Hall–Kier alpha value is -8.16. The van der Waals surface area contributed by atoms with Gasteiger partial charge >= 0.3 is 36.5 Å². The highest BCUT2D eigenvalue weighted by Crippen LogP contribution is 2.36. The average Bonchev–Trinajstić information content (AvgIpc) is 3.34. The molecule has 10 nitrogen and oxygen atoms in total. The predicted molar refractivity (Wildman–Crippen MR) is 249 cm³/mol. The summed E-state index contributed by atoms with van der Waals surface area (Å²) in [5, 5.41) is 0. The third kappa shape index (κ3) is 17.6. The van der Waals surface area contributed by atoms with Crippen LogP contribution in [-0.2, 0) is 44.1 Å². The van der Waals surface area contributed by atoms with Crippen molar-refractivity contribution in [2.75, 3.05) is 37.9 Å². The smallest absolute Gasteiger partial charge is 0.426 e. The highest BCUT2D eigenvalue weighted by atomic mass is 19.4. The van der Waals surface area contributed by atoms with Crippen LogP contribution in [0.3, 0.4) is 0 Å². The minimum atomic E-state index is -4.61. The lowest BCUT2D eigenvalue weighted by Gasteiger charge is -2.33. The number of halogens is 10.